The van der Waals surface area contributed by atoms with Crippen LogP contribution in [-0.4, -0.2) is 62.0 Å². The van der Waals surface area contributed by atoms with E-state index in [4.69, 9.17) is 4.74 Å². The van der Waals surface area contributed by atoms with Gasteiger partial charge in [0.15, 0.2) is 0 Å². The van der Waals surface area contributed by atoms with Crippen LogP contribution in [0.15, 0.2) is 48.7 Å². The van der Waals surface area contributed by atoms with Gasteiger partial charge in [-0.3, -0.25) is 9.78 Å². The number of nitrogens with zero attached hydrogens (tertiary/aromatic N) is 3. The Bertz CT molecular complexity index is 924. The second kappa shape index (κ2) is 8.92. The number of ether oxygens (including phenoxy) is 1. The molecule has 1 unspecified atom stereocenters. The maximum absolute atomic E-state index is 13.3. The molecule has 1 aromatic carbocycles. The highest BCUT2D eigenvalue weighted by Gasteiger charge is 2.33. The summed E-state index contributed by atoms with van der Waals surface area (Å²) in [6.45, 7) is 0.750. The lowest BCUT2D eigenvalue weighted by molar-refractivity contribution is -0.137. The maximum atomic E-state index is 13.3. The first-order valence-corrected chi connectivity index (χ1v) is 11.4. The third-order valence-electron chi connectivity index (χ3n) is 5.41. The lowest BCUT2D eigenvalue weighted by Crippen LogP contribution is -2.44. The van der Waals surface area contributed by atoms with E-state index in [0.29, 0.717) is 25.9 Å². The summed E-state index contributed by atoms with van der Waals surface area (Å²) in [6, 6.07) is 12.9. The fourth-order valence-corrected chi connectivity index (χ4v) is 4.64. The van der Waals surface area contributed by atoms with E-state index in [-0.39, 0.29) is 17.9 Å². The molecule has 1 atom stereocenters. The zero-order chi connectivity index (χ0) is 21.0. The van der Waals surface area contributed by atoms with Crippen LogP contribution in [0.1, 0.15) is 30.1 Å². The third-order valence-corrected chi connectivity index (χ3v) is 6.71. The minimum atomic E-state index is -3.22. The Hall–Kier alpha value is -2.45. The van der Waals surface area contributed by atoms with Gasteiger partial charge in [0.05, 0.1) is 25.1 Å². The van der Waals surface area contributed by atoms with Gasteiger partial charge < -0.3 is 9.64 Å². The van der Waals surface area contributed by atoms with E-state index in [0.717, 1.165) is 17.0 Å². The van der Waals surface area contributed by atoms with Crippen molar-refractivity contribution in [2.75, 3.05) is 33.5 Å². The van der Waals surface area contributed by atoms with Crippen molar-refractivity contribution in [3.8, 4) is 5.75 Å². The van der Waals surface area contributed by atoms with Crippen LogP contribution in [0.4, 0.5) is 0 Å². The zero-order valence-electron chi connectivity index (χ0n) is 17.0. The third kappa shape index (κ3) is 4.94. The Morgan fingerprint density at radius 3 is 2.34 bits per heavy atom. The van der Waals surface area contributed by atoms with E-state index in [1.165, 1.54) is 10.6 Å². The first-order chi connectivity index (χ1) is 13.8. The zero-order valence-corrected chi connectivity index (χ0v) is 17.8. The van der Waals surface area contributed by atoms with Crippen molar-refractivity contribution in [2.45, 2.75) is 18.9 Å². The molecule has 7 nitrogen and oxygen atoms in total. The van der Waals surface area contributed by atoms with Crippen molar-refractivity contribution in [2.24, 2.45) is 5.92 Å². The molecule has 3 rings (SSSR count). The van der Waals surface area contributed by atoms with Gasteiger partial charge in [-0.05, 0) is 42.7 Å². The molecule has 8 heteroatoms. The fraction of sp³-hybridized carbons (Fsp3) is 0.429. The van der Waals surface area contributed by atoms with Crippen LogP contribution < -0.4 is 4.74 Å². The molecule has 0 radical (unpaired) electrons. The SMILES string of the molecule is COc1ccc(C(c2ccccn2)N(C)C(=O)C2CCN(S(C)(=O)=O)CC2)cc1. The Morgan fingerprint density at radius 2 is 1.83 bits per heavy atom. The molecular formula is C21H27N3O4S. The van der Waals surface area contributed by atoms with Crippen molar-refractivity contribution >= 4 is 15.9 Å². The van der Waals surface area contributed by atoms with Crippen LogP contribution in [0.5, 0.6) is 5.75 Å². The molecule has 1 aliphatic heterocycles. The monoisotopic (exact) mass is 417 g/mol. The molecule has 1 fully saturated rings. The lowest BCUT2D eigenvalue weighted by atomic mass is 9.94. The molecule has 2 aromatic rings. The van der Waals surface area contributed by atoms with E-state index >= 15 is 0 Å². The molecular weight excluding hydrogens is 390 g/mol. The number of carbonyl (C=O) groups excluding carboxylic acids is 1. The van der Waals surface area contributed by atoms with Gasteiger partial charge in [0.2, 0.25) is 15.9 Å². The van der Waals surface area contributed by atoms with Crippen LogP contribution in [0.2, 0.25) is 0 Å². The van der Waals surface area contributed by atoms with Crippen LogP contribution >= 0.6 is 0 Å². The summed E-state index contributed by atoms with van der Waals surface area (Å²) < 4.78 is 30.2. The number of rotatable bonds is 6. The molecule has 156 valence electrons. The molecule has 0 bridgehead atoms. The number of carbonyl (C=O) groups is 1. The molecule has 29 heavy (non-hydrogen) atoms. The van der Waals surface area contributed by atoms with Gasteiger partial charge in [0, 0.05) is 32.3 Å². The van der Waals surface area contributed by atoms with Crippen molar-refractivity contribution in [3.05, 3.63) is 59.9 Å². The molecule has 1 amide bonds. The summed E-state index contributed by atoms with van der Waals surface area (Å²) in [5.41, 5.74) is 1.72. The van der Waals surface area contributed by atoms with Crippen LogP contribution in [0, 0.1) is 5.92 Å². The average molecular weight is 418 g/mol. The van der Waals surface area contributed by atoms with Crippen LogP contribution in [-0.2, 0) is 14.8 Å². The number of benzene rings is 1. The number of pyridine rings is 1. The fourth-order valence-electron chi connectivity index (χ4n) is 3.77. The molecule has 2 heterocycles. The topological polar surface area (TPSA) is 79.8 Å². The van der Waals surface area contributed by atoms with Crippen LogP contribution in [0.3, 0.4) is 0 Å². The normalized spacial score (nSPS) is 16.9. The van der Waals surface area contributed by atoms with Crippen molar-refractivity contribution in [1.82, 2.24) is 14.2 Å². The van der Waals surface area contributed by atoms with Crippen molar-refractivity contribution in [3.63, 3.8) is 0 Å². The smallest absolute Gasteiger partial charge is 0.226 e. The lowest BCUT2D eigenvalue weighted by Gasteiger charge is -2.35. The Labute approximate surface area is 172 Å². The predicted octanol–water partition coefficient (Wildman–Crippen LogP) is 2.31. The highest BCUT2D eigenvalue weighted by Crippen LogP contribution is 2.31. The van der Waals surface area contributed by atoms with Gasteiger partial charge in [-0.1, -0.05) is 18.2 Å². The largest absolute Gasteiger partial charge is 0.497 e. The Morgan fingerprint density at radius 1 is 1.17 bits per heavy atom. The second-order valence-corrected chi connectivity index (χ2v) is 9.30. The molecule has 0 saturated carbocycles. The number of sulfonamides is 1. The maximum Gasteiger partial charge on any atom is 0.226 e. The van der Waals surface area contributed by atoms with Crippen LogP contribution in [0.25, 0.3) is 0 Å². The van der Waals surface area contributed by atoms with Gasteiger partial charge in [0.1, 0.15) is 5.75 Å². The van der Waals surface area contributed by atoms with E-state index in [2.05, 4.69) is 4.98 Å². The molecule has 0 spiro atoms. The number of piperidine rings is 1. The summed E-state index contributed by atoms with van der Waals surface area (Å²) >= 11 is 0. The number of methoxy groups -OCH3 is 1. The Kier molecular flexibility index (Phi) is 6.54. The minimum absolute atomic E-state index is 0.00428. The van der Waals surface area contributed by atoms with Gasteiger partial charge in [-0.15, -0.1) is 0 Å². The molecule has 0 aliphatic carbocycles. The highest BCUT2D eigenvalue weighted by molar-refractivity contribution is 7.88. The van der Waals surface area contributed by atoms with Gasteiger partial charge >= 0.3 is 0 Å². The summed E-state index contributed by atoms with van der Waals surface area (Å²) in [6.07, 6.45) is 3.97. The minimum Gasteiger partial charge on any atom is -0.497 e. The van der Waals surface area contributed by atoms with Crippen molar-refractivity contribution < 1.29 is 17.9 Å². The number of amides is 1. The van der Waals surface area contributed by atoms with Gasteiger partial charge in [0.25, 0.3) is 0 Å². The van der Waals surface area contributed by atoms with Gasteiger partial charge in [-0.25, -0.2) is 12.7 Å². The highest BCUT2D eigenvalue weighted by atomic mass is 32.2. The molecule has 1 saturated heterocycles. The van der Waals surface area contributed by atoms with Gasteiger partial charge in [-0.2, -0.15) is 0 Å². The molecule has 0 N–H and O–H groups in total. The summed E-state index contributed by atoms with van der Waals surface area (Å²) in [5, 5.41) is 0. The summed E-state index contributed by atoms with van der Waals surface area (Å²) in [7, 11) is 0.184. The summed E-state index contributed by atoms with van der Waals surface area (Å²) in [5.74, 6) is 0.544. The molecule has 1 aliphatic rings. The van der Waals surface area contributed by atoms with E-state index in [9.17, 15) is 13.2 Å². The quantitative estimate of drug-likeness (QED) is 0.721. The number of aromatic nitrogens is 1. The average Bonchev–Trinajstić information content (AvgIpc) is 2.74. The first kappa shape index (κ1) is 21.3. The van der Waals surface area contributed by atoms with Crippen molar-refractivity contribution in [1.29, 1.82) is 0 Å². The first-order valence-electron chi connectivity index (χ1n) is 9.58. The number of hydrogen-bond donors (Lipinski definition) is 0. The summed E-state index contributed by atoms with van der Waals surface area (Å²) in [4.78, 5) is 19.5. The Balaban J connectivity index is 1.83. The predicted molar refractivity (Wildman–Crippen MR) is 111 cm³/mol. The molecule has 1 aromatic heterocycles. The van der Waals surface area contributed by atoms with E-state index in [1.807, 2.05) is 42.5 Å². The van der Waals surface area contributed by atoms with E-state index < -0.39 is 10.0 Å². The standard InChI is InChI=1S/C21H27N3O4S/c1-23(21(25)17-11-14-24(15-12-17)29(3,26)27)20(19-6-4-5-13-22-19)16-7-9-18(28-2)10-8-16/h4-10,13,17,20H,11-12,14-15H2,1-3H3. The number of hydrogen-bond acceptors (Lipinski definition) is 5. The van der Waals surface area contributed by atoms with E-state index in [1.54, 1.807) is 25.3 Å². The second-order valence-electron chi connectivity index (χ2n) is 7.32.